The van der Waals surface area contributed by atoms with Crippen LogP contribution in [0.3, 0.4) is 0 Å². The van der Waals surface area contributed by atoms with Crippen molar-refractivity contribution in [3.05, 3.63) is 48.0 Å². The van der Waals surface area contributed by atoms with Crippen LogP contribution in [0.1, 0.15) is 12.5 Å². The Morgan fingerprint density at radius 2 is 2.00 bits per heavy atom. The van der Waals surface area contributed by atoms with Gasteiger partial charge in [-0.2, -0.15) is 0 Å². The van der Waals surface area contributed by atoms with Crippen LogP contribution in [-0.2, 0) is 4.79 Å². The molecule has 1 amide bonds. The van der Waals surface area contributed by atoms with Crippen molar-refractivity contribution in [3.8, 4) is 17.2 Å². The molecule has 1 aromatic heterocycles. The lowest BCUT2D eigenvalue weighted by Crippen LogP contribution is -2.20. The molecular weight excluding hydrogens is 364 g/mol. The third-order valence-corrected chi connectivity index (χ3v) is 4.68. The van der Waals surface area contributed by atoms with Crippen molar-refractivity contribution < 1.29 is 19.0 Å². The number of nitrogens with one attached hydrogen (secondary N) is 1. The Morgan fingerprint density at radius 3 is 2.74 bits per heavy atom. The van der Waals surface area contributed by atoms with Crippen molar-refractivity contribution >= 4 is 38.7 Å². The molecule has 1 heterocycles. The highest BCUT2D eigenvalue weighted by molar-refractivity contribution is 7.22. The van der Waals surface area contributed by atoms with E-state index in [1.807, 2.05) is 49.4 Å². The summed E-state index contributed by atoms with van der Waals surface area (Å²) in [6.07, 6.45) is 3.90. The van der Waals surface area contributed by atoms with Crippen LogP contribution in [0, 0.1) is 0 Å². The van der Waals surface area contributed by atoms with E-state index in [-0.39, 0.29) is 12.5 Å². The second kappa shape index (κ2) is 8.55. The van der Waals surface area contributed by atoms with E-state index in [0.717, 1.165) is 21.5 Å². The summed E-state index contributed by atoms with van der Waals surface area (Å²) < 4.78 is 17.1. The summed E-state index contributed by atoms with van der Waals surface area (Å²) in [6, 6.07) is 11.1. The van der Waals surface area contributed by atoms with Gasteiger partial charge in [-0.3, -0.25) is 10.1 Å². The van der Waals surface area contributed by atoms with E-state index >= 15 is 0 Å². The maximum Gasteiger partial charge on any atom is 0.264 e. The Hall–Kier alpha value is -3.06. The second-order valence-corrected chi connectivity index (χ2v) is 6.63. The molecule has 27 heavy (non-hydrogen) atoms. The zero-order valence-corrected chi connectivity index (χ0v) is 16.1. The van der Waals surface area contributed by atoms with Crippen molar-refractivity contribution in [2.45, 2.75) is 6.92 Å². The molecule has 1 N–H and O–H groups in total. The number of aromatic nitrogens is 1. The van der Waals surface area contributed by atoms with E-state index < -0.39 is 0 Å². The molecule has 0 fully saturated rings. The number of amides is 1. The van der Waals surface area contributed by atoms with Gasteiger partial charge >= 0.3 is 0 Å². The molecule has 0 saturated heterocycles. The molecule has 0 atom stereocenters. The monoisotopic (exact) mass is 384 g/mol. The average molecular weight is 384 g/mol. The largest absolute Gasteiger partial charge is 0.497 e. The van der Waals surface area contributed by atoms with Gasteiger partial charge < -0.3 is 14.2 Å². The fourth-order valence-corrected chi connectivity index (χ4v) is 3.39. The molecule has 3 aromatic rings. The minimum atomic E-state index is -0.291. The molecule has 0 spiro atoms. The molecule has 0 aliphatic rings. The Labute approximate surface area is 161 Å². The number of carbonyl (C=O) groups excluding carboxylic acids is 1. The number of ether oxygens (including phenoxy) is 3. The van der Waals surface area contributed by atoms with Crippen LogP contribution in [0.15, 0.2) is 42.5 Å². The maximum atomic E-state index is 12.2. The molecule has 0 aliphatic heterocycles. The Bertz CT molecular complexity index is 981. The Kier molecular flexibility index (Phi) is 5.93. The number of nitrogens with zero attached hydrogens (tertiary/aromatic N) is 1. The van der Waals surface area contributed by atoms with Crippen molar-refractivity contribution in [1.29, 1.82) is 0 Å². The lowest BCUT2D eigenvalue weighted by Gasteiger charge is -2.11. The van der Waals surface area contributed by atoms with Crippen LogP contribution < -0.4 is 19.5 Å². The second-order valence-electron chi connectivity index (χ2n) is 5.60. The molecule has 7 heteroatoms. The zero-order chi connectivity index (χ0) is 19.2. The van der Waals surface area contributed by atoms with E-state index in [9.17, 15) is 4.79 Å². The Balaban J connectivity index is 1.64. The molecule has 2 aromatic carbocycles. The highest BCUT2D eigenvalue weighted by atomic mass is 32.1. The highest BCUT2D eigenvalue weighted by Crippen LogP contribution is 2.30. The van der Waals surface area contributed by atoms with Gasteiger partial charge in [-0.25, -0.2) is 4.98 Å². The van der Waals surface area contributed by atoms with Gasteiger partial charge in [0, 0.05) is 0 Å². The molecule has 0 bridgehead atoms. The number of rotatable bonds is 7. The summed E-state index contributed by atoms with van der Waals surface area (Å²) in [5, 5.41) is 3.27. The first kappa shape index (κ1) is 18.7. The van der Waals surface area contributed by atoms with Gasteiger partial charge in [-0.05, 0) is 42.8 Å². The lowest BCUT2D eigenvalue weighted by atomic mass is 10.2. The van der Waals surface area contributed by atoms with E-state index in [1.54, 1.807) is 20.3 Å². The first-order valence-corrected chi connectivity index (χ1v) is 9.12. The third kappa shape index (κ3) is 4.57. The van der Waals surface area contributed by atoms with Gasteiger partial charge in [0.25, 0.3) is 5.91 Å². The number of allylic oxidation sites excluding steroid dienone is 1. The molecule has 0 aliphatic carbocycles. The SMILES string of the molecule is C/C=C/c1ccc(OCC(=O)Nc2nc3ccc(OC)cc3s2)c(OC)c1. The molecule has 3 rings (SSSR count). The molecule has 140 valence electrons. The van der Waals surface area contributed by atoms with Crippen molar-refractivity contribution in [1.82, 2.24) is 4.98 Å². The van der Waals surface area contributed by atoms with Gasteiger partial charge in [-0.1, -0.05) is 29.6 Å². The minimum Gasteiger partial charge on any atom is -0.497 e. The van der Waals surface area contributed by atoms with Crippen molar-refractivity contribution in [2.75, 3.05) is 26.1 Å². The van der Waals surface area contributed by atoms with Crippen molar-refractivity contribution in [3.63, 3.8) is 0 Å². The molecule has 0 radical (unpaired) electrons. The zero-order valence-electron chi connectivity index (χ0n) is 15.3. The quantitative estimate of drug-likeness (QED) is 0.655. The fourth-order valence-electron chi connectivity index (χ4n) is 2.48. The number of carbonyl (C=O) groups is 1. The van der Waals surface area contributed by atoms with Gasteiger partial charge in [-0.15, -0.1) is 0 Å². The lowest BCUT2D eigenvalue weighted by molar-refractivity contribution is -0.118. The molecular formula is C20H20N2O4S. The normalized spacial score (nSPS) is 10.9. The molecule has 0 unspecified atom stereocenters. The number of benzene rings is 2. The first-order chi connectivity index (χ1) is 13.1. The Morgan fingerprint density at radius 1 is 1.15 bits per heavy atom. The van der Waals surface area contributed by atoms with Crippen molar-refractivity contribution in [2.24, 2.45) is 0 Å². The van der Waals surface area contributed by atoms with Crippen LogP contribution in [0.25, 0.3) is 16.3 Å². The fraction of sp³-hybridized carbons (Fsp3) is 0.200. The van der Waals surface area contributed by atoms with Gasteiger partial charge in [0.2, 0.25) is 0 Å². The predicted octanol–water partition coefficient (Wildman–Crippen LogP) is 4.36. The topological polar surface area (TPSA) is 69.7 Å². The maximum absolute atomic E-state index is 12.2. The summed E-state index contributed by atoms with van der Waals surface area (Å²) in [5.41, 5.74) is 1.80. The van der Waals surface area contributed by atoms with Gasteiger partial charge in [0.1, 0.15) is 5.75 Å². The van der Waals surface area contributed by atoms with Gasteiger partial charge in [0.15, 0.2) is 23.2 Å². The van der Waals surface area contributed by atoms with Crippen LogP contribution in [0.2, 0.25) is 0 Å². The summed E-state index contributed by atoms with van der Waals surface area (Å²) in [7, 11) is 3.18. The summed E-state index contributed by atoms with van der Waals surface area (Å²) >= 11 is 1.38. The van der Waals surface area contributed by atoms with E-state index in [2.05, 4.69) is 10.3 Å². The molecule has 0 saturated carbocycles. The van der Waals surface area contributed by atoms with E-state index in [1.165, 1.54) is 11.3 Å². The predicted molar refractivity (Wildman–Crippen MR) is 108 cm³/mol. The number of anilines is 1. The molecule has 6 nitrogen and oxygen atoms in total. The summed E-state index contributed by atoms with van der Waals surface area (Å²) in [4.78, 5) is 16.6. The average Bonchev–Trinajstić information content (AvgIpc) is 3.08. The van der Waals surface area contributed by atoms with Crippen LogP contribution >= 0.6 is 11.3 Å². The number of hydrogen-bond donors (Lipinski definition) is 1. The minimum absolute atomic E-state index is 0.140. The van der Waals surface area contributed by atoms with Crippen LogP contribution in [0.4, 0.5) is 5.13 Å². The van der Waals surface area contributed by atoms with Crippen LogP contribution in [0.5, 0.6) is 17.2 Å². The smallest absolute Gasteiger partial charge is 0.264 e. The first-order valence-electron chi connectivity index (χ1n) is 8.31. The third-order valence-electron chi connectivity index (χ3n) is 3.75. The van der Waals surface area contributed by atoms with Crippen LogP contribution in [-0.4, -0.2) is 31.7 Å². The van der Waals surface area contributed by atoms with Gasteiger partial charge in [0.05, 0.1) is 24.4 Å². The number of fused-ring (bicyclic) bond motifs is 1. The van der Waals surface area contributed by atoms with E-state index in [0.29, 0.717) is 16.6 Å². The number of methoxy groups -OCH3 is 2. The highest BCUT2D eigenvalue weighted by Gasteiger charge is 2.11. The number of thiazole rings is 1. The van der Waals surface area contributed by atoms with E-state index in [4.69, 9.17) is 14.2 Å². The standard InChI is InChI=1S/C20H20N2O4S/c1-4-5-13-6-9-16(17(10-13)25-3)26-12-19(23)22-20-21-15-8-7-14(24-2)11-18(15)27-20/h4-11H,12H2,1-3H3,(H,21,22,23)/b5-4+. The number of hydrogen-bond acceptors (Lipinski definition) is 6. The summed E-state index contributed by atoms with van der Waals surface area (Å²) in [6.45, 7) is 1.80. The summed E-state index contributed by atoms with van der Waals surface area (Å²) in [5.74, 6) is 1.54.